The van der Waals surface area contributed by atoms with Gasteiger partial charge in [-0.25, -0.2) is 13.6 Å². The van der Waals surface area contributed by atoms with E-state index in [0.29, 0.717) is 0 Å². The Labute approximate surface area is 96.0 Å². The minimum Gasteiger partial charge on any atom is -0.478 e. The Kier molecular flexibility index (Phi) is 3.54. The molecule has 0 radical (unpaired) electrons. The fraction of sp³-hybridized carbons (Fsp3) is 0.111. The number of carboxylic acid groups (broad SMARTS) is 1. The van der Waals surface area contributed by atoms with E-state index >= 15 is 0 Å². The maximum atomic E-state index is 13.1. The lowest BCUT2D eigenvalue weighted by Crippen LogP contribution is -2.30. The lowest BCUT2D eigenvalue weighted by atomic mass is 10.1. The summed E-state index contributed by atoms with van der Waals surface area (Å²) in [4.78, 5) is 21.1. The lowest BCUT2D eigenvalue weighted by molar-refractivity contribution is -0.167. The number of rotatable bonds is 2. The molecule has 0 saturated carbocycles. The van der Waals surface area contributed by atoms with Crippen LogP contribution in [0.1, 0.15) is 10.4 Å². The van der Waals surface area contributed by atoms with E-state index in [9.17, 15) is 31.5 Å². The number of hydrogen-bond acceptors (Lipinski definition) is 2. The number of carbonyl (C=O) groups is 2. The summed E-state index contributed by atoms with van der Waals surface area (Å²) in [7, 11) is 0. The van der Waals surface area contributed by atoms with Crippen molar-refractivity contribution in [3.05, 3.63) is 29.3 Å². The molecule has 0 heterocycles. The van der Waals surface area contributed by atoms with E-state index in [1.807, 2.05) is 0 Å². The van der Waals surface area contributed by atoms with Gasteiger partial charge in [0.15, 0.2) is 0 Å². The molecule has 1 rings (SSSR count). The highest BCUT2D eigenvalue weighted by atomic mass is 19.4. The second-order valence-corrected chi connectivity index (χ2v) is 3.07. The molecule has 0 spiro atoms. The second-order valence-electron chi connectivity index (χ2n) is 3.07. The SMILES string of the molecule is O=C(O)c1c(F)cc(F)cc1NC(=O)C(F)(F)F. The van der Waals surface area contributed by atoms with Gasteiger partial charge in [0.2, 0.25) is 0 Å². The highest BCUT2D eigenvalue weighted by Crippen LogP contribution is 2.24. The molecule has 1 amide bonds. The Morgan fingerprint density at radius 1 is 1.17 bits per heavy atom. The predicted octanol–water partition coefficient (Wildman–Crippen LogP) is 2.16. The molecule has 98 valence electrons. The maximum Gasteiger partial charge on any atom is 0.471 e. The van der Waals surface area contributed by atoms with Gasteiger partial charge in [0.1, 0.15) is 17.2 Å². The minimum absolute atomic E-state index is 0.173. The van der Waals surface area contributed by atoms with E-state index in [0.717, 1.165) is 5.32 Å². The number of aromatic carboxylic acids is 1. The van der Waals surface area contributed by atoms with Gasteiger partial charge < -0.3 is 10.4 Å². The molecular weight excluding hydrogens is 265 g/mol. The highest BCUT2D eigenvalue weighted by Gasteiger charge is 2.39. The fourth-order valence-electron chi connectivity index (χ4n) is 1.08. The van der Waals surface area contributed by atoms with Crippen molar-refractivity contribution in [2.45, 2.75) is 6.18 Å². The molecule has 0 aromatic heterocycles. The molecule has 4 nitrogen and oxygen atoms in total. The smallest absolute Gasteiger partial charge is 0.471 e. The van der Waals surface area contributed by atoms with E-state index in [4.69, 9.17) is 5.11 Å². The molecule has 2 N–H and O–H groups in total. The van der Waals surface area contributed by atoms with Crippen LogP contribution < -0.4 is 5.32 Å². The van der Waals surface area contributed by atoms with E-state index in [1.165, 1.54) is 0 Å². The van der Waals surface area contributed by atoms with E-state index < -0.39 is 40.9 Å². The largest absolute Gasteiger partial charge is 0.478 e. The molecule has 0 fully saturated rings. The Balaban J connectivity index is 3.24. The van der Waals surface area contributed by atoms with E-state index in [2.05, 4.69) is 0 Å². The quantitative estimate of drug-likeness (QED) is 0.808. The highest BCUT2D eigenvalue weighted by molar-refractivity contribution is 6.02. The molecule has 9 heteroatoms. The Bertz CT molecular complexity index is 512. The summed E-state index contributed by atoms with van der Waals surface area (Å²) in [6.45, 7) is 0. The van der Waals surface area contributed by atoms with Gasteiger partial charge in [0.05, 0.1) is 5.69 Å². The summed E-state index contributed by atoms with van der Waals surface area (Å²) in [5.41, 5.74) is -2.36. The Morgan fingerprint density at radius 2 is 1.72 bits per heavy atom. The zero-order valence-electron chi connectivity index (χ0n) is 8.31. The molecule has 0 unspecified atom stereocenters. The molecule has 1 aromatic rings. The van der Waals surface area contributed by atoms with Crippen LogP contribution in [0.2, 0.25) is 0 Å². The number of halogens is 5. The number of anilines is 1. The summed E-state index contributed by atoms with van der Waals surface area (Å²) in [6, 6.07) is 0.447. The summed E-state index contributed by atoms with van der Waals surface area (Å²) in [6.07, 6.45) is -5.31. The first kappa shape index (κ1) is 13.9. The first-order valence-electron chi connectivity index (χ1n) is 4.23. The summed E-state index contributed by atoms with van der Waals surface area (Å²) < 4.78 is 61.6. The van der Waals surface area contributed by atoms with Crippen LogP contribution in [0.4, 0.5) is 27.6 Å². The molecule has 0 saturated heterocycles. The Hall–Kier alpha value is -2.19. The molecule has 0 aliphatic rings. The van der Waals surface area contributed by atoms with Crippen molar-refractivity contribution >= 4 is 17.6 Å². The number of benzene rings is 1. The molecule has 0 atom stereocenters. The molecule has 1 aromatic carbocycles. The van der Waals surface area contributed by atoms with Gasteiger partial charge in [0.25, 0.3) is 0 Å². The number of carboxylic acids is 1. The van der Waals surface area contributed by atoms with Gasteiger partial charge in [-0.15, -0.1) is 0 Å². The number of amides is 1. The third-order valence-electron chi connectivity index (χ3n) is 1.77. The number of carbonyl (C=O) groups excluding carboxylic acids is 1. The standard InChI is InChI=1S/C9H4F5NO3/c10-3-1-4(11)6(7(16)17)5(2-3)15-8(18)9(12,13)14/h1-2H,(H,15,18)(H,16,17). The minimum atomic E-state index is -5.31. The van der Waals surface area contributed by atoms with Crippen LogP contribution in [0.5, 0.6) is 0 Å². The predicted molar refractivity (Wildman–Crippen MR) is 48.0 cm³/mol. The molecular formula is C9H4F5NO3. The maximum absolute atomic E-state index is 13.1. The zero-order chi connectivity index (χ0) is 14.1. The number of hydrogen-bond donors (Lipinski definition) is 2. The first-order valence-corrected chi connectivity index (χ1v) is 4.23. The molecule has 18 heavy (non-hydrogen) atoms. The third-order valence-corrected chi connectivity index (χ3v) is 1.77. The van der Waals surface area contributed by atoms with Crippen molar-refractivity contribution in [1.82, 2.24) is 0 Å². The average molecular weight is 269 g/mol. The fourth-order valence-corrected chi connectivity index (χ4v) is 1.08. The van der Waals surface area contributed by atoms with Gasteiger partial charge in [-0.1, -0.05) is 0 Å². The van der Waals surface area contributed by atoms with Crippen LogP contribution in [0.25, 0.3) is 0 Å². The van der Waals surface area contributed by atoms with Crippen molar-refractivity contribution in [2.24, 2.45) is 0 Å². The van der Waals surface area contributed by atoms with Gasteiger partial charge in [-0.05, 0) is 6.07 Å². The van der Waals surface area contributed by atoms with Crippen molar-refractivity contribution in [3.8, 4) is 0 Å². The number of alkyl halides is 3. The average Bonchev–Trinajstić information content (AvgIpc) is 2.13. The van der Waals surface area contributed by atoms with E-state index in [-0.39, 0.29) is 12.1 Å². The van der Waals surface area contributed by atoms with Crippen molar-refractivity contribution in [3.63, 3.8) is 0 Å². The normalized spacial score (nSPS) is 11.2. The van der Waals surface area contributed by atoms with Gasteiger partial charge in [-0.3, -0.25) is 4.79 Å². The topological polar surface area (TPSA) is 66.4 Å². The molecule has 0 aliphatic heterocycles. The summed E-state index contributed by atoms with van der Waals surface area (Å²) in [5.74, 6) is -7.39. The van der Waals surface area contributed by atoms with Gasteiger partial charge in [0, 0.05) is 6.07 Å². The van der Waals surface area contributed by atoms with E-state index in [1.54, 1.807) is 0 Å². The first-order chi connectivity index (χ1) is 8.12. The van der Waals surface area contributed by atoms with Crippen molar-refractivity contribution < 1.29 is 36.6 Å². The van der Waals surface area contributed by atoms with Crippen LogP contribution in [-0.4, -0.2) is 23.2 Å². The number of nitrogens with one attached hydrogen (secondary N) is 1. The third kappa shape index (κ3) is 2.93. The molecule has 0 aliphatic carbocycles. The van der Waals surface area contributed by atoms with Crippen LogP contribution in [0.15, 0.2) is 12.1 Å². The summed E-state index contributed by atoms with van der Waals surface area (Å²) in [5, 5.41) is 9.65. The molecule has 0 bridgehead atoms. The van der Waals surface area contributed by atoms with Crippen LogP contribution >= 0.6 is 0 Å². The monoisotopic (exact) mass is 269 g/mol. The van der Waals surface area contributed by atoms with Gasteiger partial charge in [-0.2, -0.15) is 13.2 Å². The van der Waals surface area contributed by atoms with Gasteiger partial charge >= 0.3 is 18.1 Å². The van der Waals surface area contributed by atoms with Crippen LogP contribution in [0.3, 0.4) is 0 Å². The van der Waals surface area contributed by atoms with Crippen molar-refractivity contribution in [1.29, 1.82) is 0 Å². The zero-order valence-corrected chi connectivity index (χ0v) is 8.31. The van der Waals surface area contributed by atoms with Crippen molar-refractivity contribution in [2.75, 3.05) is 5.32 Å². The summed E-state index contributed by atoms with van der Waals surface area (Å²) >= 11 is 0. The van der Waals surface area contributed by atoms with Crippen LogP contribution in [0, 0.1) is 11.6 Å². The lowest BCUT2D eigenvalue weighted by Gasteiger charge is -2.11. The second kappa shape index (κ2) is 4.59. The Morgan fingerprint density at radius 3 is 2.17 bits per heavy atom. The van der Waals surface area contributed by atoms with Crippen LogP contribution in [-0.2, 0) is 4.79 Å².